The standard InChI is InChI=1S/C10H16F3N3O/c1-16-6-3-9(15-16)2-4-14-5-7-17-8-10(11,12)13/h3,6,14H,2,4-5,7-8H2,1H3. The average Bonchev–Trinajstić information content (AvgIpc) is 2.61. The first kappa shape index (κ1) is 14.0. The third-order valence-electron chi connectivity index (χ3n) is 2.02. The number of rotatable bonds is 7. The maximum absolute atomic E-state index is 11.7. The molecule has 0 amide bonds. The molecule has 0 saturated carbocycles. The van der Waals surface area contributed by atoms with Gasteiger partial charge in [-0.15, -0.1) is 0 Å². The van der Waals surface area contributed by atoms with Crippen molar-refractivity contribution in [3.05, 3.63) is 18.0 Å². The van der Waals surface area contributed by atoms with E-state index in [2.05, 4.69) is 15.2 Å². The monoisotopic (exact) mass is 251 g/mol. The van der Waals surface area contributed by atoms with Gasteiger partial charge in [-0.2, -0.15) is 18.3 Å². The topological polar surface area (TPSA) is 39.1 Å². The van der Waals surface area contributed by atoms with E-state index in [-0.39, 0.29) is 6.61 Å². The van der Waals surface area contributed by atoms with Crippen molar-refractivity contribution in [1.29, 1.82) is 0 Å². The van der Waals surface area contributed by atoms with Gasteiger partial charge >= 0.3 is 6.18 Å². The van der Waals surface area contributed by atoms with Crippen LogP contribution in [0.25, 0.3) is 0 Å². The summed E-state index contributed by atoms with van der Waals surface area (Å²) in [7, 11) is 1.84. The van der Waals surface area contributed by atoms with Gasteiger partial charge in [0, 0.05) is 32.8 Å². The molecule has 0 radical (unpaired) electrons. The summed E-state index contributed by atoms with van der Waals surface area (Å²) in [4.78, 5) is 0. The van der Waals surface area contributed by atoms with Crippen LogP contribution in [-0.2, 0) is 18.2 Å². The molecule has 0 aliphatic carbocycles. The van der Waals surface area contributed by atoms with Gasteiger partial charge in [-0.3, -0.25) is 4.68 Å². The number of alkyl halides is 3. The molecular weight excluding hydrogens is 235 g/mol. The third kappa shape index (κ3) is 6.96. The SMILES string of the molecule is Cn1ccc(CCNCCOCC(F)(F)F)n1. The predicted octanol–water partition coefficient (Wildman–Crippen LogP) is 1.13. The van der Waals surface area contributed by atoms with Crippen LogP contribution >= 0.6 is 0 Å². The minimum absolute atomic E-state index is 0.0573. The second-order valence-corrected chi connectivity index (χ2v) is 3.65. The van der Waals surface area contributed by atoms with Crippen LogP contribution in [0.3, 0.4) is 0 Å². The number of aromatic nitrogens is 2. The zero-order valence-corrected chi connectivity index (χ0v) is 9.63. The first-order valence-electron chi connectivity index (χ1n) is 5.31. The first-order chi connectivity index (χ1) is 7.97. The summed E-state index contributed by atoms with van der Waals surface area (Å²) in [6, 6.07) is 1.90. The molecule has 0 aliphatic heterocycles. The smallest absolute Gasteiger partial charge is 0.371 e. The Labute approximate surface area is 97.8 Å². The third-order valence-corrected chi connectivity index (χ3v) is 2.02. The van der Waals surface area contributed by atoms with E-state index < -0.39 is 12.8 Å². The van der Waals surface area contributed by atoms with Gasteiger partial charge in [0.2, 0.25) is 0 Å². The van der Waals surface area contributed by atoms with Crippen LogP contribution in [0, 0.1) is 0 Å². The molecule has 1 rings (SSSR count). The van der Waals surface area contributed by atoms with Gasteiger partial charge in [0.15, 0.2) is 0 Å². The lowest BCUT2D eigenvalue weighted by Crippen LogP contribution is -2.25. The molecule has 0 aromatic carbocycles. The summed E-state index contributed by atoms with van der Waals surface area (Å²) >= 11 is 0. The van der Waals surface area contributed by atoms with E-state index >= 15 is 0 Å². The fourth-order valence-corrected chi connectivity index (χ4v) is 1.27. The number of hydrogen-bond donors (Lipinski definition) is 1. The zero-order chi connectivity index (χ0) is 12.7. The lowest BCUT2D eigenvalue weighted by molar-refractivity contribution is -0.173. The van der Waals surface area contributed by atoms with Crippen molar-refractivity contribution in [3.8, 4) is 0 Å². The number of hydrogen-bond acceptors (Lipinski definition) is 3. The van der Waals surface area contributed by atoms with E-state index in [0.29, 0.717) is 13.1 Å². The van der Waals surface area contributed by atoms with Crippen LogP contribution in [0.5, 0.6) is 0 Å². The zero-order valence-electron chi connectivity index (χ0n) is 9.63. The van der Waals surface area contributed by atoms with Crippen molar-refractivity contribution in [1.82, 2.24) is 15.1 Å². The second kappa shape index (κ2) is 6.61. The summed E-state index contributed by atoms with van der Waals surface area (Å²) in [6.07, 6.45) is -1.64. The molecule has 1 N–H and O–H groups in total. The van der Waals surface area contributed by atoms with Gasteiger partial charge in [-0.25, -0.2) is 0 Å². The largest absolute Gasteiger partial charge is 0.411 e. The van der Waals surface area contributed by atoms with Crippen LogP contribution in [0.4, 0.5) is 13.2 Å². The molecule has 0 unspecified atom stereocenters. The maximum atomic E-state index is 11.7. The van der Waals surface area contributed by atoms with E-state index in [0.717, 1.165) is 12.1 Å². The van der Waals surface area contributed by atoms with Gasteiger partial charge in [-0.1, -0.05) is 0 Å². The molecule has 0 spiro atoms. The Hall–Kier alpha value is -1.08. The number of aryl methyl sites for hydroxylation is 1. The minimum Gasteiger partial charge on any atom is -0.371 e. The lowest BCUT2D eigenvalue weighted by atomic mass is 10.3. The van der Waals surface area contributed by atoms with Gasteiger partial charge in [-0.05, 0) is 6.07 Å². The fraction of sp³-hybridized carbons (Fsp3) is 0.700. The van der Waals surface area contributed by atoms with Gasteiger partial charge in [0.1, 0.15) is 6.61 Å². The summed E-state index contributed by atoms with van der Waals surface area (Å²) in [5, 5.41) is 7.16. The molecule has 17 heavy (non-hydrogen) atoms. The molecule has 0 atom stereocenters. The van der Waals surface area contributed by atoms with E-state index in [1.165, 1.54) is 0 Å². The summed E-state index contributed by atoms with van der Waals surface area (Å²) < 4.78 is 41.3. The molecule has 0 fully saturated rings. The molecule has 0 saturated heterocycles. The Morgan fingerprint density at radius 3 is 2.76 bits per heavy atom. The highest BCUT2D eigenvalue weighted by atomic mass is 19.4. The lowest BCUT2D eigenvalue weighted by Gasteiger charge is -2.07. The Kier molecular flexibility index (Phi) is 5.43. The highest BCUT2D eigenvalue weighted by molar-refractivity contribution is 4.98. The van der Waals surface area contributed by atoms with Crippen LogP contribution in [0.1, 0.15) is 5.69 Å². The first-order valence-corrected chi connectivity index (χ1v) is 5.31. The molecular formula is C10H16F3N3O. The van der Waals surface area contributed by atoms with Crippen LogP contribution < -0.4 is 5.32 Å². The van der Waals surface area contributed by atoms with Crippen molar-refractivity contribution < 1.29 is 17.9 Å². The van der Waals surface area contributed by atoms with E-state index in [9.17, 15) is 13.2 Å². The van der Waals surface area contributed by atoms with Crippen molar-refractivity contribution >= 4 is 0 Å². The average molecular weight is 251 g/mol. The molecule has 1 aromatic rings. The van der Waals surface area contributed by atoms with Crippen LogP contribution in [0.15, 0.2) is 12.3 Å². The molecule has 98 valence electrons. The highest BCUT2D eigenvalue weighted by Crippen LogP contribution is 2.13. The number of ether oxygens (including phenoxy) is 1. The predicted molar refractivity (Wildman–Crippen MR) is 56.7 cm³/mol. The summed E-state index contributed by atoms with van der Waals surface area (Å²) in [6.45, 7) is -0.0496. The Morgan fingerprint density at radius 2 is 2.18 bits per heavy atom. The number of nitrogens with zero attached hydrogens (tertiary/aromatic N) is 2. The fourth-order valence-electron chi connectivity index (χ4n) is 1.27. The van der Waals surface area contributed by atoms with Crippen molar-refractivity contribution in [2.75, 3.05) is 26.3 Å². The normalized spacial score (nSPS) is 12.0. The van der Waals surface area contributed by atoms with Crippen molar-refractivity contribution in [2.45, 2.75) is 12.6 Å². The van der Waals surface area contributed by atoms with Gasteiger partial charge in [0.25, 0.3) is 0 Å². The molecule has 1 heterocycles. The summed E-state index contributed by atoms with van der Waals surface area (Å²) in [5.41, 5.74) is 0.955. The quantitative estimate of drug-likeness (QED) is 0.738. The molecule has 0 bridgehead atoms. The van der Waals surface area contributed by atoms with E-state index in [1.807, 2.05) is 19.3 Å². The maximum Gasteiger partial charge on any atom is 0.411 e. The Balaban J connectivity index is 1.95. The minimum atomic E-state index is -4.24. The number of halogens is 3. The highest BCUT2D eigenvalue weighted by Gasteiger charge is 2.27. The Morgan fingerprint density at radius 1 is 1.41 bits per heavy atom. The number of nitrogens with one attached hydrogen (secondary N) is 1. The van der Waals surface area contributed by atoms with Crippen molar-refractivity contribution in [3.63, 3.8) is 0 Å². The molecule has 4 nitrogen and oxygen atoms in total. The van der Waals surface area contributed by atoms with Crippen molar-refractivity contribution in [2.24, 2.45) is 7.05 Å². The van der Waals surface area contributed by atoms with Crippen LogP contribution in [-0.4, -0.2) is 42.3 Å². The van der Waals surface area contributed by atoms with Gasteiger partial charge in [0.05, 0.1) is 12.3 Å². The second-order valence-electron chi connectivity index (χ2n) is 3.65. The van der Waals surface area contributed by atoms with E-state index in [1.54, 1.807) is 4.68 Å². The molecule has 7 heteroatoms. The molecule has 0 aliphatic rings. The van der Waals surface area contributed by atoms with E-state index in [4.69, 9.17) is 0 Å². The Bertz CT molecular complexity index is 325. The van der Waals surface area contributed by atoms with Crippen LogP contribution in [0.2, 0.25) is 0 Å². The molecule has 1 aromatic heterocycles. The summed E-state index contributed by atoms with van der Waals surface area (Å²) in [5.74, 6) is 0. The van der Waals surface area contributed by atoms with Gasteiger partial charge < -0.3 is 10.1 Å².